The van der Waals surface area contributed by atoms with Crippen molar-refractivity contribution in [1.29, 1.82) is 0 Å². The minimum Gasteiger partial charge on any atom is -0.516 e. The maximum atomic E-state index is 13.8. The van der Waals surface area contributed by atoms with Gasteiger partial charge in [0.1, 0.15) is 0 Å². The normalized spacial score (nSPS) is 17.3. The van der Waals surface area contributed by atoms with E-state index >= 15 is 0 Å². The van der Waals surface area contributed by atoms with Gasteiger partial charge in [-0.05, 0) is 6.08 Å². The second kappa shape index (κ2) is 5.20. The van der Waals surface area contributed by atoms with Gasteiger partial charge in [-0.3, -0.25) is 0 Å². The van der Waals surface area contributed by atoms with E-state index in [1.807, 2.05) is 0 Å². The first-order chi connectivity index (χ1) is 8.98. The fourth-order valence-electron chi connectivity index (χ4n) is 1.44. The lowest BCUT2D eigenvalue weighted by atomic mass is 9.78. The summed E-state index contributed by atoms with van der Waals surface area (Å²) in [4.78, 5) is 0. The molecule has 0 amide bonds. The van der Waals surface area contributed by atoms with Crippen LogP contribution < -0.4 is 0 Å². The minimum atomic E-state index is -7.04. The van der Waals surface area contributed by atoms with Gasteiger partial charge >= 0.3 is 24.2 Å². The third kappa shape index (κ3) is 2.76. The van der Waals surface area contributed by atoms with Crippen LogP contribution in [-0.4, -0.2) is 35.0 Å². The third-order valence-corrected chi connectivity index (χ3v) is 2.63. The van der Waals surface area contributed by atoms with Crippen LogP contribution in [0.15, 0.2) is 12.3 Å². The van der Waals surface area contributed by atoms with Gasteiger partial charge < -0.3 is 5.11 Å². The Bertz CT molecular complexity index is 365. The van der Waals surface area contributed by atoms with Crippen LogP contribution in [0, 0.1) is 5.92 Å². The fraction of sp³-hybridized carbons (Fsp3) is 0.778. The molecule has 0 aliphatic carbocycles. The molecule has 12 heteroatoms. The number of aliphatic hydroxyl groups is 1. The van der Waals surface area contributed by atoms with Gasteiger partial charge in [0.15, 0.2) is 0 Å². The minimum absolute atomic E-state index is 0.0913. The first-order valence-corrected chi connectivity index (χ1v) is 4.87. The zero-order chi connectivity index (χ0) is 17.5. The van der Waals surface area contributed by atoms with E-state index in [9.17, 15) is 48.3 Å². The van der Waals surface area contributed by atoms with Gasteiger partial charge in [-0.1, -0.05) is 6.92 Å². The van der Waals surface area contributed by atoms with Crippen molar-refractivity contribution in [3.63, 3.8) is 0 Å². The molecule has 0 rings (SSSR count). The van der Waals surface area contributed by atoms with Crippen LogP contribution >= 0.6 is 0 Å². The molecule has 21 heavy (non-hydrogen) atoms. The van der Waals surface area contributed by atoms with Crippen LogP contribution in [0.4, 0.5) is 48.3 Å². The van der Waals surface area contributed by atoms with E-state index in [0.717, 1.165) is 0 Å². The van der Waals surface area contributed by atoms with Crippen LogP contribution in [0.5, 0.6) is 0 Å². The second-order valence-electron chi connectivity index (χ2n) is 3.99. The Morgan fingerprint density at radius 1 is 0.714 bits per heavy atom. The summed E-state index contributed by atoms with van der Waals surface area (Å²) in [6.07, 6.45) is -14.8. The first kappa shape index (κ1) is 19.8. The van der Waals surface area contributed by atoms with E-state index in [1.165, 1.54) is 0 Å². The lowest BCUT2D eigenvalue weighted by molar-refractivity contribution is -0.413. The molecular weight excluding hydrogens is 333 g/mol. The van der Waals surface area contributed by atoms with Crippen molar-refractivity contribution in [2.75, 3.05) is 0 Å². The molecule has 0 saturated heterocycles. The summed E-state index contributed by atoms with van der Waals surface area (Å²) < 4.78 is 138. The highest BCUT2D eigenvalue weighted by atomic mass is 19.4. The molecule has 1 N–H and O–H groups in total. The van der Waals surface area contributed by atoms with Crippen LogP contribution in [0.2, 0.25) is 0 Å². The van der Waals surface area contributed by atoms with Gasteiger partial charge in [0, 0.05) is 5.92 Å². The molecule has 126 valence electrons. The first-order valence-electron chi connectivity index (χ1n) is 4.87. The predicted octanol–water partition coefficient (Wildman–Crippen LogP) is 4.80. The summed E-state index contributed by atoms with van der Waals surface area (Å²) >= 11 is 0. The molecule has 0 aliphatic rings. The Morgan fingerprint density at radius 3 is 1.19 bits per heavy atom. The highest BCUT2D eigenvalue weighted by Gasteiger charge is 2.87. The monoisotopic (exact) mass is 340 g/mol. The van der Waals surface area contributed by atoms with Crippen LogP contribution in [0.25, 0.3) is 0 Å². The number of hydrogen-bond acceptors (Lipinski definition) is 1. The Labute approximate surface area is 110 Å². The van der Waals surface area contributed by atoms with E-state index in [-0.39, 0.29) is 13.0 Å². The smallest absolute Gasteiger partial charge is 0.457 e. The summed E-state index contributed by atoms with van der Waals surface area (Å²) in [6, 6.07) is 0. The Balaban J connectivity index is 6.45. The molecule has 1 nitrogen and oxygen atoms in total. The predicted molar refractivity (Wildman–Crippen MR) is 46.8 cm³/mol. The number of allylic oxidation sites excluding steroid dienone is 1. The van der Waals surface area contributed by atoms with Gasteiger partial charge in [0.25, 0.3) is 5.67 Å². The average Bonchev–Trinajstić information content (AvgIpc) is 2.24. The van der Waals surface area contributed by atoms with E-state index < -0.39 is 42.0 Å². The molecule has 0 spiro atoms. The quantitative estimate of drug-likeness (QED) is 0.576. The standard InChI is InChI=1S/C9H7F11O/c1-4(2-3-21)5(10,6(11,12)8(15,16)17)7(13,14)9(18,19)20/h2-4,21H,1H3. The molecule has 0 fully saturated rings. The van der Waals surface area contributed by atoms with E-state index in [1.54, 1.807) is 0 Å². The highest BCUT2D eigenvalue weighted by Crippen LogP contribution is 2.59. The summed E-state index contributed by atoms with van der Waals surface area (Å²) in [5.41, 5.74) is -6.39. The van der Waals surface area contributed by atoms with Crippen molar-refractivity contribution >= 4 is 0 Å². The van der Waals surface area contributed by atoms with E-state index in [2.05, 4.69) is 0 Å². The van der Waals surface area contributed by atoms with Gasteiger partial charge in [0.05, 0.1) is 6.26 Å². The van der Waals surface area contributed by atoms with Crippen LogP contribution in [0.1, 0.15) is 6.92 Å². The SMILES string of the molecule is CC(C=CO)C(F)(C(F)(F)C(F)(F)F)C(F)(F)C(F)(F)F. The third-order valence-electron chi connectivity index (χ3n) is 2.63. The summed E-state index contributed by atoms with van der Waals surface area (Å²) in [7, 11) is 0. The molecule has 0 aliphatic heterocycles. The lowest BCUT2D eigenvalue weighted by Gasteiger charge is -2.42. The Kier molecular flexibility index (Phi) is 4.89. The number of hydrogen-bond donors (Lipinski definition) is 1. The van der Waals surface area contributed by atoms with Crippen molar-refractivity contribution < 1.29 is 53.4 Å². The molecular formula is C9H7F11O. The second-order valence-corrected chi connectivity index (χ2v) is 3.99. The van der Waals surface area contributed by atoms with Crippen molar-refractivity contribution in [1.82, 2.24) is 0 Å². The summed E-state index contributed by atoms with van der Waals surface area (Å²) in [5.74, 6) is -17.4. The fourth-order valence-corrected chi connectivity index (χ4v) is 1.44. The average molecular weight is 340 g/mol. The lowest BCUT2D eigenvalue weighted by Crippen LogP contribution is -2.70. The summed E-state index contributed by atoms with van der Waals surface area (Å²) in [5, 5.41) is 8.14. The maximum Gasteiger partial charge on any atom is 0.457 e. The van der Waals surface area contributed by atoms with Gasteiger partial charge in [-0.25, -0.2) is 4.39 Å². The number of aliphatic hydroxyl groups excluding tert-OH is 1. The molecule has 0 aromatic rings. The Hall–Kier alpha value is -1.23. The highest BCUT2D eigenvalue weighted by molar-refractivity contribution is 5.15. The number of halogens is 11. The zero-order valence-corrected chi connectivity index (χ0v) is 9.84. The molecule has 0 aromatic carbocycles. The molecule has 0 bridgehead atoms. The van der Waals surface area contributed by atoms with Gasteiger partial charge in [0.2, 0.25) is 0 Å². The van der Waals surface area contributed by atoms with Gasteiger partial charge in [-0.2, -0.15) is 43.9 Å². The van der Waals surface area contributed by atoms with Crippen LogP contribution in [0.3, 0.4) is 0 Å². The Morgan fingerprint density at radius 2 is 1.00 bits per heavy atom. The number of rotatable bonds is 4. The molecule has 0 saturated carbocycles. The van der Waals surface area contributed by atoms with E-state index in [4.69, 9.17) is 5.11 Å². The zero-order valence-electron chi connectivity index (χ0n) is 9.84. The largest absolute Gasteiger partial charge is 0.516 e. The summed E-state index contributed by atoms with van der Waals surface area (Å²) in [6.45, 7) is -0.0913. The molecule has 0 heterocycles. The van der Waals surface area contributed by atoms with Crippen molar-refractivity contribution in [2.45, 2.75) is 36.8 Å². The molecule has 0 radical (unpaired) electrons. The van der Waals surface area contributed by atoms with Gasteiger partial charge in [-0.15, -0.1) is 0 Å². The molecule has 1 unspecified atom stereocenters. The topological polar surface area (TPSA) is 20.2 Å². The van der Waals surface area contributed by atoms with Crippen molar-refractivity contribution in [3.05, 3.63) is 12.3 Å². The van der Waals surface area contributed by atoms with E-state index in [0.29, 0.717) is 0 Å². The maximum absolute atomic E-state index is 13.8. The molecule has 0 aromatic heterocycles. The molecule has 1 atom stereocenters. The van der Waals surface area contributed by atoms with Crippen molar-refractivity contribution in [2.24, 2.45) is 5.92 Å². The number of alkyl halides is 11. The van der Waals surface area contributed by atoms with Crippen molar-refractivity contribution in [3.8, 4) is 0 Å². The van der Waals surface area contributed by atoms with Crippen LogP contribution in [-0.2, 0) is 0 Å².